The molecule has 0 aliphatic carbocycles. The van der Waals surface area contributed by atoms with Crippen molar-refractivity contribution in [3.63, 3.8) is 0 Å². The van der Waals surface area contributed by atoms with Crippen LogP contribution < -0.4 is 5.56 Å². The number of nitrogens with one attached hydrogen (secondary N) is 1. The maximum atomic E-state index is 13.1. The van der Waals surface area contributed by atoms with Gasteiger partial charge in [0.1, 0.15) is 0 Å². The van der Waals surface area contributed by atoms with Crippen molar-refractivity contribution in [2.45, 2.75) is 19.8 Å². The van der Waals surface area contributed by atoms with E-state index in [1.54, 1.807) is 23.1 Å². The van der Waals surface area contributed by atoms with Crippen LogP contribution in [0.5, 0.6) is 0 Å². The van der Waals surface area contributed by atoms with E-state index < -0.39 is 0 Å². The van der Waals surface area contributed by atoms with Crippen molar-refractivity contribution in [1.29, 1.82) is 0 Å². The minimum atomic E-state index is -0.288. The molecule has 0 saturated carbocycles. The molecule has 9 heteroatoms. The van der Waals surface area contributed by atoms with E-state index in [2.05, 4.69) is 25.2 Å². The van der Waals surface area contributed by atoms with Gasteiger partial charge < -0.3 is 9.42 Å². The van der Waals surface area contributed by atoms with E-state index in [9.17, 15) is 9.59 Å². The lowest BCUT2D eigenvalue weighted by Crippen LogP contribution is -2.49. The summed E-state index contributed by atoms with van der Waals surface area (Å²) in [6.45, 7) is 5.74. The van der Waals surface area contributed by atoms with Crippen LogP contribution in [0, 0.1) is 6.92 Å². The second-order valence-corrected chi connectivity index (χ2v) is 8.56. The average Bonchev–Trinajstić information content (AvgIpc) is 3.34. The Kier molecular flexibility index (Phi) is 6.18. The quantitative estimate of drug-likeness (QED) is 0.473. The molecule has 1 aliphatic rings. The van der Waals surface area contributed by atoms with Crippen LogP contribution in [0.25, 0.3) is 22.2 Å². The van der Waals surface area contributed by atoms with Crippen LogP contribution in [0.3, 0.4) is 0 Å². The number of fused-ring (bicyclic) bond motifs is 1. The number of rotatable bonds is 6. The standard InChI is InChI=1S/C25H26N6O3/c1-17-8-10-18(11-9-17)23-26-21(34-29-23)7-4-12-30-13-15-31(16-14-30)25(33)22-19-5-2-3-6-20(19)24(32)28-27-22/h2-3,5-6,8-11H,4,7,12-16H2,1H3,(H,28,32). The summed E-state index contributed by atoms with van der Waals surface area (Å²) in [4.78, 5) is 33.7. The highest BCUT2D eigenvalue weighted by atomic mass is 16.5. The summed E-state index contributed by atoms with van der Waals surface area (Å²) in [7, 11) is 0. The molecule has 0 bridgehead atoms. The molecule has 3 heterocycles. The first-order valence-corrected chi connectivity index (χ1v) is 11.5. The lowest BCUT2D eigenvalue weighted by atomic mass is 10.1. The molecule has 1 aliphatic heterocycles. The van der Waals surface area contributed by atoms with Gasteiger partial charge in [0.25, 0.3) is 11.5 Å². The zero-order valence-electron chi connectivity index (χ0n) is 19.0. The minimum Gasteiger partial charge on any atom is -0.339 e. The number of nitrogens with zero attached hydrogens (tertiary/aromatic N) is 5. The molecule has 0 atom stereocenters. The fourth-order valence-corrected chi connectivity index (χ4v) is 4.23. The van der Waals surface area contributed by atoms with Gasteiger partial charge >= 0.3 is 0 Å². The van der Waals surface area contributed by atoms with Gasteiger partial charge in [-0.2, -0.15) is 10.1 Å². The van der Waals surface area contributed by atoms with Gasteiger partial charge in [-0.3, -0.25) is 14.5 Å². The van der Waals surface area contributed by atoms with E-state index in [-0.39, 0.29) is 11.5 Å². The van der Waals surface area contributed by atoms with Gasteiger partial charge in [-0.25, -0.2) is 5.10 Å². The van der Waals surface area contributed by atoms with Gasteiger partial charge in [0.15, 0.2) is 5.69 Å². The highest BCUT2D eigenvalue weighted by molar-refractivity contribution is 6.04. The van der Waals surface area contributed by atoms with Crippen molar-refractivity contribution in [1.82, 2.24) is 30.1 Å². The first-order valence-electron chi connectivity index (χ1n) is 11.5. The van der Waals surface area contributed by atoms with E-state index in [0.29, 0.717) is 47.7 Å². The van der Waals surface area contributed by atoms with Crippen molar-refractivity contribution >= 4 is 16.7 Å². The molecule has 1 N–H and O–H groups in total. The highest BCUT2D eigenvalue weighted by Gasteiger charge is 2.25. The number of hydrogen-bond acceptors (Lipinski definition) is 7. The number of carbonyl (C=O) groups excluding carboxylic acids is 1. The summed E-state index contributed by atoms with van der Waals surface area (Å²) in [6.07, 6.45) is 1.61. The van der Waals surface area contributed by atoms with E-state index >= 15 is 0 Å². The fraction of sp³-hybridized carbons (Fsp3) is 0.320. The predicted molar refractivity (Wildman–Crippen MR) is 127 cm³/mol. The molecule has 2 aromatic heterocycles. The maximum Gasteiger partial charge on any atom is 0.275 e. The van der Waals surface area contributed by atoms with Crippen LogP contribution in [0.15, 0.2) is 57.8 Å². The van der Waals surface area contributed by atoms with Gasteiger partial charge in [-0.05, 0) is 26.0 Å². The Labute approximate surface area is 196 Å². The summed E-state index contributed by atoms with van der Waals surface area (Å²) in [5.41, 5.74) is 2.15. The van der Waals surface area contributed by atoms with Crippen molar-refractivity contribution in [2.24, 2.45) is 0 Å². The fourth-order valence-electron chi connectivity index (χ4n) is 4.23. The molecule has 9 nitrogen and oxygen atoms in total. The molecular weight excluding hydrogens is 432 g/mol. The van der Waals surface area contributed by atoms with Crippen LogP contribution >= 0.6 is 0 Å². The number of hydrogen-bond donors (Lipinski definition) is 1. The van der Waals surface area contributed by atoms with Crippen LogP contribution in [-0.2, 0) is 6.42 Å². The smallest absolute Gasteiger partial charge is 0.275 e. The van der Waals surface area contributed by atoms with E-state index in [1.807, 2.05) is 37.3 Å². The summed E-state index contributed by atoms with van der Waals surface area (Å²) >= 11 is 0. The van der Waals surface area contributed by atoms with Gasteiger partial charge in [0.2, 0.25) is 11.7 Å². The van der Waals surface area contributed by atoms with Gasteiger partial charge in [-0.1, -0.05) is 53.2 Å². The summed E-state index contributed by atoms with van der Waals surface area (Å²) in [5.74, 6) is 1.10. The summed E-state index contributed by atoms with van der Waals surface area (Å²) in [6, 6.07) is 15.1. The second kappa shape index (κ2) is 9.56. The van der Waals surface area contributed by atoms with E-state index in [1.165, 1.54) is 5.56 Å². The largest absolute Gasteiger partial charge is 0.339 e. The first kappa shape index (κ1) is 22.0. The zero-order valence-corrected chi connectivity index (χ0v) is 19.0. The molecule has 0 unspecified atom stereocenters. The molecule has 34 heavy (non-hydrogen) atoms. The Hall–Kier alpha value is -3.85. The lowest BCUT2D eigenvalue weighted by Gasteiger charge is -2.34. The second-order valence-electron chi connectivity index (χ2n) is 8.56. The minimum absolute atomic E-state index is 0.151. The number of amides is 1. The topological polar surface area (TPSA) is 108 Å². The summed E-state index contributed by atoms with van der Waals surface area (Å²) in [5, 5.41) is 11.7. The Morgan fingerprint density at radius 3 is 2.53 bits per heavy atom. The Morgan fingerprint density at radius 2 is 1.76 bits per heavy atom. The lowest BCUT2D eigenvalue weighted by molar-refractivity contribution is 0.0631. The normalized spacial score (nSPS) is 14.6. The van der Waals surface area contributed by atoms with Gasteiger partial charge in [-0.15, -0.1) is 0 Å². The Morgan fingerprint density at radius 1 is 1.03 bits per heavy atom. The van der Waals surface area contributed by atoms with Gasteiger partial charge in [0.05, 0.1) is 5.39 Å². The molecule has 1 fully saturated rings. The molecule has 5 rings (SSSR count). The number of carbonyl (C=O) groups is 1. The zero-order chi connectivity index (χ0) is 23.5. The number of H-pyrrole nitrogens is 1. The third-order valence-corrected chi connectivity index (χ3v) is 6.20. The van der Waals surface area contributed by atoms with Crippen molar-refractivity contribution in [3.8, 4) is 11.4 Å². The molecular formula is C25H26N6O3. The average molecular weight is 459 g/mol. The Bertz CT molecular complexity index is 1350. The Balaban J connectivity index is 1.13. The van der Waals surface area contributed by atoms with Gasteiger partial charge in [0, 0.05) is 43.5 Å². The van der Waals surface area contributed by atoms with Crippen LogP contribution in [-0.4, -0.2) is 68.8 Å². The molecule has 0 spiro atoms. The van der Waals surface area contributed by atoms with Crippen molar-refractivity contribution < 1.29 is 9.32 Å². The number of benzene rings is 2. The third-order valence-electron chi connectivity index (χ3n) is 6.20. The monoisotopic (exact) mass is 458 g/mol. The SMILES string of the molecule is Cc1ccc(-c2noc(CCCN3CCN(C(=O)c4n[nH]c(=O)c5ccccc45)CC3)n2)cc1. The molecule has 0 radical (unpaired) electrons. The molecule has 1 amide bonds. The van der Waals surface area contributed by atoms with Crippen LogP contribution in [0.4, 0.5) is 0 Å². The van der Waals surface area contributed by atoms with Crippen molar-refractivity contribution in [3.05, 3.63) is 76.0 Å². The molecule has 174 valence electrons. The van der Waals surface area contributed by atoms with Crippen LogP contribution in [0.1, 0.15) is 28.4 Å². The van der Waals surface area contributed by atoms with E-state index in [4.69, 9.17) is 4.52 Å². The number of aromatic amines is 1. The number of aryl methyl sites for hydroxylation is 2. The van der Waals surface area contributed by atoms with E-state index in [0.717, 1.165) is 31.6 Å². The van der Waals surface area contributed by atoms with Crippen molar-refractivity contribution in [2.75, 3.05) is 32.7 Å². The third kappa shape index (κ3) is 4.60. The highest BCUT2D eigenvalue weighted by Crippen LogP contribution is 2.18. The molecule has 2 aromatic carbocycles. The van der Waals surface area contributed by atoms with Crippen LogP contribution in [0.2, 0.25) is 0 Å². The molecule has 1 saturated heterocycles. The summed E-state index contributed by atoms with van der Waals surface area (Å²) < 4.78 is 5.42. The molecule has 4 aromatic rings. The number of piperazine rings is 1. The number of aromatic nitrogens is 4. The first-order chi connectivity index (χ1) is 16.6. The maximum absolute atomic E-state index is 13.1. The predicted octanol–water partition coefficient (Wildman–Crippen LogP) is 2.67.